The maximum atomic E-state index is 11.1. The molecule has 0 aliphatic rings. The number of anilines is 2. The fraction of sp³-hybridized carbons (Fsp3) is 0.133. The number of hydrogen-bond donors (Lipinski definition) is 2. The summed E-state index contributed by atoms with van der Waals surface area (Å²) in [5, 5.41) is 12.2. The number of methoxy groups -OCH3 is 1. The molecule has 19 heavy (non-hydrogen) atoms. The van der Waals surface area contributed by atoms with Crippen LogP contribution >= 0.6 is 0 Å². The molecular weight excluding hydrogens is 242 g/mol. The van der Waals surface area contributed by atoms with Crippen molar-refractivity contribution in [2.24, 2.45) is 0 Å². The van der Waals surface area contributed by atoms with Crippen molar-refractivity contribution in [1.82, 2.24) is 0 Å². The maximum absolute atomic E-state index is 11.1. The van der Waals surface area contributed by atoms with Gasteiger partial charge in [0, 0.05) is 11.4 Å². The summed E-state index contributed by atoms with van der Waals surface area (Å²) in [5.41, 5.74) is 2.67. The van der Waals surface area contributed by atoms with E-state index in [1.165, 1.54) is 0 Å². The van der Waals surface area contributed by atoms with Crippen LogP contribution < -0.4 is 10.1 Å². The molecule has 0 saturated heterocycles. The van der Waals surface area contributed by atoms with Gasteiger partial charge in [-0.3, -0.25) is 0 Å². The van der Waals surface area contributed by atoms with E-state index in [1.807, 2.05) is 30.3 Å². The number of aromatic carboxylic acids is 1. The van der Waals surface area contributed by atoms with Gasteiger partial charge in [-0.05, 0) is 48.9 Å². The van der Waals surface area contributed by atoms with Gasteiger partial charge < -0.3 is 15.2 Å². The van der Waals surface area contributed by atoms with E-state index in [9.17, 15) is 4.79 Å². The van der Waals surface area contributed by atoms with E-state index >= 15 is 0 Å². The summed E-state index contributed by atoms with van der Waals surface area (Å²) in [7, 11) is 1.61. The summed E-state index contributed by atoms with van der Waals surface area (Å²) >= 11 is 0. The molecule has 98 valence electrons. The van der Waals surface area contributed by atoms with Gasteiger partial charge in [-0.15, -0.1) is 0 Å². The second-order valence-corrected chi connectivity index (χ2v) is 4.19. The Bertz CT molecular complexity index is 591. The standard InChI is InChI=1S/C15H15NO3/c1-10-3-4-12(9-14(10)15(17)18)16-11-5-7-13(19-2)8-6-11/h3-9,16H,1-2H3,(H,17,18). The van der Waals surface area contributed by atoms with Gasteiger partial charge in [0.2, 0.25) is 0 Å². The van der Waals surface area contributed by atoms with E-state index in [2.05, 4.69) is 5.32 Å². The zero-order valence-corrected chi connectivity index (χ0v) is 10.8. The first-order chi connectivity index (χ1) is 9.10. The van der Waals surface area contributed by atoms with Crippen LogP contribution in [0.25, 0.3) is 0 Å². The van der Waals surface area contributed by atoms with Crippen LogP contribution in [0.15, 0.2) is 42.5 Å². The molecule has 0 spiro atoms. The van der Waals surface area contributed by atoms with Crippen molar-refractivity contribution in [3.63, 3.8) is 0 Å². The number of hydrogen-bond acceptors (Lipinski definition) is 3. The monoisotopic (exact) mass is 257 g/mol. The van der Waals surface area contributed by atoms with Gasteiger partial charge in [-0.1, -0.05) is 6.07 Å². The van der Waals surface area contributed by atoms with E-state index in [-0.39, 0.29) is 0 Å². The van der Waals surface area contributed by atoms with Crippen molar-refractivity contribution >= 4 is 17.3 Å². The molecule has 2 N–H and O–H groups in total. The van der Waals surface area contributed by atoms with Crippen LogP contribution in [0.2, 0.25) is 0 Å². The van der Waals surface area contributed by atoms with Gasteiger partial charge in [-0.2, -0.15) is 0 Å². The van der Waals surface area contributed by atoms with Crippen LogP contribution in [-0.4, -0.2) is 18.2 Å². The Morgan fingerprint density at radius 2 is 1.74 bits per heavy atom. The molecule has 2 aromatic rings. The maximum Gasteiger partial charge on any atom is 0.336 e. The third kappa shape index (κ3) is 3.04. The molecule has 0 bridgehead atoms. The molecule has 0 atom stereocenters. The van der Waals surface area contributed by atoms with Crippen LogP contribution in [0.4, 0.5) is 11.4 Å². The predicted octanol–water partition coefficient (Wildman–Crippen LogP) is 3.45. The molecule has 0 unspecified atom stereocenters. The third-order valence-corrected chi connectivity index (χ3v) is 2.85. The van der Waals surface area contributed by atoms with Crippen molar-refractivity contribution < 1.29 is 14.6 Å². The van der Waals surface area contributed by atoms with Gasteiger partial charge in [-0.25, -0.2) is 4.79 Å². The summed E-state index contributed by atoms with van der Waals surface area (Å²) < 4.78 is 5.08. The minimum Gasteiger partial charge on any atom is -0.497 e. The van der Waals surface area contributed by atoms with Crippen molar-refractivity contribution in [3.05, 3.63) is 53.6 Å². The van der Waals surface area contributed by atoms with Crippen molar-refractivity contribution in [3.8, 4) is 5.75 Å². The Morgan fingerprint density at radius 3 is 2.32 bits per heavy atom. The number of rotatable bonds is 4. The molecule has 2 aromatic carbocycles. The summed E-state index contributed by atoms with van der Waals surface area (Å²) in [6, 6.07) is 12.7. The average Bonchev–Trinajstić information content (AvgIpc) is 2.41. The Labute approximate surface area is 111 Å². The van der Waals surface area contributed by atoms with Gasteiger partial charge in [0.05, 0.1) is 12.7 Å². The van der Waals surface area contributed by atoms with E-state index in [4.69, 9.17) is 9.84 Å². The second kappa shape index (κ2) is 5.44. The first-order valence-electron chi connectivity index (χ1n) is 5.85. The van der Waals surface area contributed by atoms with Crippen LogP contribution in [-0.2, 0) is 0 Å². The lowest BCUT2D eigenvalue weighted by atomic mass is 10.1. The number of benzene rings is 2. The zero-order valence-electron chi connectivity index (χ0n) is 10.8. The van der Waals surface area contributed by atoms with Gasteiger partial charge in [0.25, 0.3) is 0 Å². The molecule has 0 saturated carbocycles. The molecular formula is C15H15NO3. The quantitative estimate of drug-likeness (QED) is 0.880. The van der Waals surface area contributed by atoms with Gasteiger partial charge in [0.15, 0.2) is 0 Å². The minimum atomic E-state index is -0.920. The van der Waals surface area contributed by atoms with Crippen LogP contribution in [0, 0.1) is 6.92 Å². The van der Waals surface area contributed by atoms with E-state index < -0.39 is 5.97 Å². The topological polar surface area (TPSA) is 58.6 Å². The lowest BCUT2D eigenvalue weighted by molar-refractivity contribution is 0.0696. The number of carbonyl (C=O) groups is 1. The number of carboxylic acids is 1. The molecule has 0 aromatic heterocycles. The molecule has 0 fully saturated rings. The third-order valence-electron chi connectivity index (χ3n) is 2.85. The molecule has 0 aliphatic heterocycles. The lowest BCUT2D eigenvalue weighted by Gasteiger charge is -2.09. The molecule has 0 heterocycles. The van der Waals surface area contributed by atoms with Gasteiger partial charge in [0.1, 0.15) is 5.75 Å². The highest BCUT2D eigenvalue weighted by Gasteiger charge is 2.07. The highest BCUT2D eigenvalue weighted by atomic mass is 16.5. The molecule has 4 heteroatoms. The fourth-order valence-electron chi connectivity index (χ4n) is 1.77. The largest absolute Gasteiger partial charge is 0.497 e. The molecule has 0 radical (unpaired) electrons. The lowest BCUT2D eigenvalue weighted by Crippen LogP contribution is -2.01. The predicted molar refractivity (Wildman–Crippen MR) is 74.4 cm³/mol. The fourth-order valence-corrected chi connectivity index (χ4v) is 1.77. The SMILES string of the molecule is COc1ccc(Nc2ccc(C)c(C(=O)O)c2)cc1. The average molecular weight is 257 g/mol. The zero-order chi connectivity index (χ0) is 13.8. The number of nitrogens with one attached hydrogen (secondary N) is 1. The highest BCUT2D eigenvalue weighted by molar-refractivity contribution is 5.90. The number of aryl methyl sites for hydroxylation is 1. The van der Waals surface area contributed by atoms with Gasteiger partial charge >= 0.3 is 5.97 Å². The summed E-state index contributed by atoms with van der Waals surface area (Å²) in [4.78, 5) is 11.1. The normalized spacial score (nSPS) is 10.0. The minimum absolute atomic E-state index is 0.304. The van der Waals surface area contributed by atoms with Crippen molar-refractivity contribution in [2.45, 2.75) is 6.92 Å². The van der Waals surface area contributed by atoms with Crippen LogP contribution in [0.1, 0.15) is 15.9 Å². The first-order valence-corrected chi connectivity index (χ1v) is 5.85. The highest BCUT2D eigenvalue weighted by Crippen LogP contribution is 2.22. The first kappa shape index (κ1) is 13.0. The van der Waals surface area contributed by atoms with E-state index in [0.29, 0.717) is 5.56 Å². The number of carboxylic acid groups (broad SMARTS) is 1. The Morgan fingerprint density at radius 1 is 1.11 bits per heavy atom. The molecule has 0 amide bonds. The summed E-state index contributed by atoms with van der Waals surface area (Å²) in [6.07, 6.45) is 0. The van der Waals surface area contributed by atoms with Crippen molar-refractivity contribution in [1.29, 1.82) is 0 Å². The van der Waals surface area contributed by atoms with Crippen LogP contribution in [0.5, 0.6) is 5.75 Å². The smallest absolute Gasteiger partial charge is 0.336 e. The molecule has 4 nitrogen and oxygen atoms in total. The Hall–Kier alpha value is -2.49. The molecule has 0 aliphatic carbocycles. The Kier molecular flexibility index (Phi) is 3.71. The van der Waals surface area contributed by atoms with Crippen molar-refractivity contribution in [2.75, 3.05) is 12.4 Å². The number of ether oxygens (including phenoxy) is 1. The van der Waals surface area contributed by atoms with E-state index in [1.54, 1.807) is 26.2 Å². The Balaban J connectivity index is 2.22. The van der Waals surface area contributed by atoms with E-state index in [0.717, 1.165) is 22.7 Å². The molecule has 2 rings (SSSR count). The second-order valence-electron chi connectivity index (χ2n) is 4.19. The van der Waals surface area contributed by atoms with Crippen LogP contribution in [0.3, 0.4) is 0 Å². The summed E-state index contributed by atoms with van der Waals surface area (Å²) in [6.45, 7) is 1.78. The summed E-state index contributed by atoms with van der Waals surface area (Å²) in [5.74, 6) is -0.142.